The minimum Gasteiger partial charge on any atom is -0.462 e. The lowest BCUT2D eigenvalue weighted by Gasteiger charge is -2.12. The molecule has 0 unspecified atom stereocenters. The molecule has 0 N–H and O–H groups in total. The zero-order chi connectivity index (χ0) is 27.5. The molecule has 2 heterocycles. The second kappa shape index (κ2) is 11.7. The number of amidine groups is 1. The van der Waals surface area contributed by atoms with E-state index in [0.29, 0.717) is 51.1 Å². The number of likely N-dealkylation sites (N-methyl/N-ethyl adjacent to an activating group) is 1. The van der Waals surface area contributed by atoms with E-state index in [-0.39, 0.29) is 5.91 Å². The number of aromatic nitrogens is 1. The Morgan fingerprint density at radius 3 is 2.62 bits per heavy atom. The Morgan fingerprint density at radius 2 is 1.85 bits per heavy atom. The Bertz CT molecular complexity index is 1640. The molecule has 0 radical (unpaired) electrons. The molecular formula is C30H25Cl2N3O3S. The molecule has 1 fully saturated rings. The van der Waals surface area contributed by atoms with Gasteiger partial charge >= 0.3 is 5.97 Å². The predicted molar refractivity (Wildman–Crippen MR) is 160 cm³/mol. The van der Waals surface area contributed by atoms with Crippen LogP contribution < -0.4 is 0 Å². The summed E-state index contributed by atoms with van der Waals surface area (Å²) < 4.78 is 7.24. The van der Waals surface area contributed by atoms with Crippen LogP contribution in [0.2, 0.25) is 10.0 Å². The van der Waals surface area contributed by atoms with Gasteiger partial charge in [0.1, 0.15) is 0 Å². The number of fused-ring (bicyclic) bond motifs is 1. The van der Waals surface area contributed by atoms with Gasteiger partial charge in [-0.2, -0.15) is 0 Å². The summed E-state index contributed by atoms with van der Waals surface area (Å²) in [6, 6.07) is 20.6. The summed E-state index contributed by atoms with van der Waals surface area (Å²) in [5, 5.41) is 2.63. The van der Waals surface area contributed by atoms with E-state index in [1.807, 2.05) is 49.5 Å². The lowest BCUT2D eigenvalue weighted by atomic mass is 10.1. The maximum atomic E-state index is 13.4. The number of nitrogens with zero attached hydrogens (tertiary/aromatic N) is 3. The molecular weight excluding hydrogens is 553 g/mol. The van der Waals surface area contributed by atoms with Crippen LogP contribution in [0, 0.1) is 0 Å². The standard InChI is InChI=1S/C30H25Cl2N3O3S/c1-3-35-28(36)27(39-30(35)33-22-9-7-8-20(15-22)29(37)38-4-2)16-21-18-34(26-11-6-5-10-23(21)26)17-19-12-13-24(31)25(32)14-19/h5-16,18H,3-4,17H2,1-2H3. The van der Waals surface area contributed by atoms with E-state index in [4.69, 9.17) is 32.9 Å². The van der Waals surface area contributed by atoms with Crippen LogP contribution in [0.25, 0.3) is 17.0 Å². The van der Waals surface area contributed by atoms with Gasteiger partial charge in [0.15, 0.2) is 5.17 Å². The first kappa shape index (κ1) is 27.1. The Balaban J connectivity index is 1.48. The summed E-state index contributed by atoms with van der Waals surface area (Å²) in [7, 11) is 0. The molecule has 1 saturated heterocycles. The number of esters is 1. The van der Waals surface area contributed by atoms with E-state index < -0.39 is 5.97 Å². The van der Waals surface area contributed by atoms with E-state index in [2.05, 4.69) is 10.6 Å². The van der Waals surface area contributed by atoms with Crippen LogP contribution in [0.1, 0.15) is 35.3 Å². The molecule has 0 saturated carbocycles. The highest BCUT2D eigenvalue weighted by molar-refractivity contribution is 8.18. The molecule has 5 rings (SSSR count). The third-order valence-electron chi connectivity index (χ3n) is 6.23. The number of para-hydroxylation sites is 1. The minimum absolute atomic E-state index is 0.107. The summed E-state index contributed by atoms with van der Waals surface area (Å²) in [6.45, 7) is 5.05. The number of ether oxygens (including phenoxy) is 1. The van der Waals surface area contributed by atoms with Crippen LogP contribution in [-0.2, 0) is 16.1 Å². The van der Waals surface area contributed by atoms with Gasteiger partial charge in [-0.15, -0.1) is 0 Å². The van der Waals surface area contributed by atoms with E-state index >= 15 is 0 Å². The Labute approximate surface area is 240 Å². The first-order chi connectivity index (χ1) is 18.9. The van der Waals surface area contributed by atoms with Crippen molar-refractivity contribution in [2.75, 3.05) is 13.2 Å². The number of hydrogen-bond acceptors (Lipinski definition) is 5. The Kier molecular flexibility index (Phi) is 8.12. The highest BCUT2D eigenvalue weighted by Crippen LogP contribution is 2.36. The normalized spacial score (nSPS) is 15.6. The molecule has 1 aliphatic heterocycles. The highest BCUT2D eigenvalue weighted by atomic mass is 35.5. The molecule has 6 nitrogen and oxygen atoms in total. The number of benzene rings is 3. The van der Waals surface area contributed by atoms with Gasteiger partial charge in [0.2, 0.25) is 0 Å². The first-order valence-corrected chi connectivity index (χ1v) is 14.0. The molecule has 39 heavy (non-hydrogen) atoms. The van der Waals surface area contributed by atoms with Gasteiger partial charge in [-0.3, -0.25) is 9.69 Å². The summed E-state index contributed by atoms with van der Waals surface area (Å²) in [5.74, 6) is -0.510. The van der Waals surface area contributed by atoms with Crippen molar-refractivity contribution in [2.45, 2.75) is 20.4 Å². The largest absolute Gasteiger partial charge is 0.462 e. The Morgan fingerprint density at radius 1 is 1.03 bits per heavy atom. The number of amides is 1. The fourth-order valence-electron chi connectivity index (χ4n) is 4.39. The average molecular weight is 579 g/mol. The van der Waals surface area contributed by atoms with Crippen molar-refractivity contribution < 1.29 is 14.3 Å². The van der Waals surface area contributed by atoms with Crippen molar-refractivity contribution in [3.63, 3.8) is 0 Å². The van der Waals surface area contributed by atoms with Crippen molar-refractivity contribution in [1.29, 1.82) is 0 Å². The highest BCUT2D eigenvalue weighted by Gasteiger charge is 2.32. The summed E-state index contributed by atoms with van der Waals surface area (Å²) in [4.78, 5) is 32.4. The first-order valence-electron chi connectivity index (χ1n) is 12.5. The van der Waals surface area contributed by atoms with Crippen molar-refractivity contribution in [2.24, 2.45) is 4.99 Å². The van der Waals surface area contributed by atoms with Crippen LogP contribution in [0.3, 0.4) is 0 Å². The maximum Gasteiger partial charge on any atom is 0.338 e. The molecule has 1 aliphatic rings. The van der Waals surface area contributed by atoms with E-state index in [1.54, 1.807) is 42.2 Å². The lowest BCUT2D eigenvalue weighted by molar-refractivity contribution is -0.122. The number of carbonyl (C=O) groups is 2. The molecule has 0 atom stereocenters. The molecule has 9 heteroatoms. The molecule has 1 amide bonds. The van der Waals surface area contributed by atoms with Gasteiger partial charge in [-0.25, -0.2) is 9.79 Å². The molecule has 3 aromatic carbocycles. The third kappa shape index (κ3) is 5.76. The summed E-state index contributed by atoms with van der Waals surface area (Å²) in [6.07, 6.45) is 3.96. The molecule has 0 bridgehead atoms. The summed E-state index contributed by atoms with van der Waals surface area (Å²) in [5.41, 5.74) is 3.99. The zero-order valence-electron chi connectivity index (χ0n) is 21.4. The van der Waals surface area contributed by atoms with Crippen LogP contribution in [-0.4, -0.2) is 39.7 Å². The predicted octanol–water partition coefficient (Wildman–Crippen LogP) is 7.80. The fraction of sp³-hybridized carbons (Fsp3) is 0.167. The van der Waals surface area contributed by atoms with Crippen LogP contribution in [0.5, 0.6) is 0 Å². The van der Waals surface area contributed by atoms with Crippen molar-refractivity contribution in [3.05, 3.63) is 105 Å². The average Bonchev–Trinajstić information content (AvgIpc) is 3.42. The van der Waals surface area contributed by atoms with E-state index in [9.17, 15) is 9.59 Å². The van der Waals surface area contributed by atoms with E-state index in [1.165, 1.54) is 11.8 Å². The monoisotopic (exact) mass is 577 g/mol. The molecule has 1 aromatic heterocycles. The second-order valence-corrected chi connectivity index (χ2v) is 10.6. The quantitative estimate of drug-likeness (QED) is 0.166. The molecule has 4 aromatic rings. The molecule has 0 spiro atoms. The second-order valence-electron chi connectivity index (χ2n) is 8.80. The number of halogens is 2. The number of carbonyl (C=O) groups excluding carboxylic acids is 2. The van der Waals surface area contributed by atoms with Crippen molar-refractivity contribution in [3.8, 4) is 0 Å². The minimum atomic E-state index is -0.403. The van der Waals surface area contributed by atoms with Crippen LogP contribution in [0.15, 0.2) is 82.8 Å². The number of rotatable bonds is 7. The Hall–Kier alpha value is -3.52. The van der Waals surface area contributed by atoms with Crippen molar-refractivity contribution >= 4 is 74.7 Å². The van der Waals surface area contributed by atoms with Crippen molar-refractivity contribution in [1.82, 2.24) is 9.47 Å². The fourth-order valence-corrected chi connectivity index (χ4v) is 5.77. The zero-order valence-corrected chi connectivity index (χ0v) is 23.7. The topological polar surface area (TPSA) is 63.9 Å². The van der Waals surface area contributed by atoms with Gasteiger partial charge in [-0.05, 0) is 73.6 Å². The smallest absolute Gasteiger partial charge is 0.338 e. The van der Waals surface area contributed by atoms with Gasteiger partial charge in [0.05, 0.1) is 32.8 Å². The van der Waals surface area contributed by atoms with Crippen LogP contribution in [0.4, 0.5) is 5.69 Å². The molecule has 198 valence electrons. The van der Waals surface area contributed by atoms with Gasteiger partial charge in [-0.1, -0.05) is 53.5 Å². The van der Waals surface area contributed by atoms with Crippen LogP contribution >= 0.6 is 35.0 Å². The van der Waals surface area contributed by atoms with Gasteiger partial charge < -0.3 is 9.30 Å². The van der Waals surface area contributed by atoms with Gasteiger partial charge in [0.25, 0.3) is 5.91 Å². The third-order valence-corrected chi connectivity index (χ3v) is 7.97. The SMILES string of the molecule is CCOC(=O)c1cccc(N=C2SC(=Cc3cn(Cc4ccc(Cl)c(Cl)c4)c4ccccc34)C(=O)N2CC)c1. The summed E-state index contributed by atoms with van der Waals surface area (Å²) >= 11 is 13.7. The number of aliphatic imine (C=N–C) groups is 1. The maximum absolute atomic E-state index is 13.4. The van der Waals surface area contributed by atoms with E-state index in [0.717, 1.165) is 22.0 Å². The number of hydrogen-bond donors (Lipinski definition) is 0. The number of thioether (sulfide) groups is 1. The van der Waals surface area contributed by atoms with Gasteiger partial charge in [0, 0.05) is 35.8 Å². The lowest BCUT2D eigenvalue weighted by Crippen LogP contribution is -2.28. The molecule has 0 aliphatic carbocycles.